The zero-order chi connectivity index (χ0) is 22.0. The third-order valence-electron chi connectivity index (χ3n) is 5.05. The number of ether oxygens (including phenoxy) is 1. The summed E-state index contributed by atoms with van der Waals surface area (Å²) in [6.45, 7) is 0.237. The van der Waals surface area contributed by atoms with E-state index in [1.807, 2.05) is 12.1 Å². The number of para-hydroxylation sites is 2. The molecule has 0 saturated carbocycles. The molecule has 3 aromatic rings. The minimum Gasteiger partial charge on any atom is -0.476 e. The van der Waals surface area contributed by atoms with Crippen LogP contribution in [-0.4, -0.2) is 38.9 Å². The predicted molar refractivity (Wildman–Crippen MR) is 120 cm³/mol. The third kappa shape index (κ3) is 4.38. The lowest BCUT2D eigenvalue weighted by Crippen LogP contribution is -2.50. The lowest BCUT2D eigenvalue weighted by atomic mass is 10.2. The fourth-order valence-corrected chi connectivity index (χ4v) is 5.09. The molecule has 0 fully saturated rings. The van der Waals surface area contributed by atoms with Gasteiger partial charge in [-0.15, -0.1) is 0 Å². The molecule has 0 radical (unpaired) electrons. The summed E-state index contributed by atoms with van der Waals surface area (Å²) in [5, 5.41) is 0.617. The second-order valence-corrected chi connectivity index (χ2v) is 9.54. The minimum atomic E-state index is -3.86. The van der Waals surface area contributed by atoms with Crippen molar-refractivity contribution in [3.05, 3.63) is 89.4 Å². The van der Waals surface area contributed by atoms with Crippen LogP contribution in [0.15, 0.2) is 83.8 Å². The van der Waals surface area contributed by atoms with Crippen LogP contribution in [0.3, 0.4) is 0 Å². The molecule has 0 N–H and O–H groups in total. The van der Waals surface area contributed by atoms with Crippen molar-refractivity contribution in [1.82, 2.24) is 4.90 Å². The SMILES string of the molecule is CN(Cc1ccc(Cl)cc1)C(=O)[C@H]1CN(S(=O)(=O)c2ccccc2)c2ccccc2O1. The van der Waals surface area contributed by atoms with Gasteiger partial charge in [-0.1, -0.05) is 54.1 Å². The highest BCUT2D eigenvalue weighted by molar-refractivity contribution is 7.92. The van der Waals surface area contributed by atoms with Crippen LogP contribution in [0.2, 0.25) is 5.02 Å². The van der Waals surface area contributed by atoms with E-state index >= 15 is 0 Å². The maximum atomic E-state index is 13.3. The van der Waals surface area contributed by atoms with Crippen LogP contribution in [0, 0.1) is 0 Å². The Labute approximate surface area is 186 Å². The maximum absolute atomic E-state index is 13.3. The number of anilines is 1. The monoisotopic (exact) mass is 456 g/mol. The van der Waals surface area contributed by atoms with E-state index in [2.05, 4.69) is 0 Å². The van der Waals surface area contributed by atoms with Gasteiger partial charge in [0.1, 0.15) is 5.75 Å². The molecule has 31 heavy (non-hydrogen) atoms. The molecule has 160 valence electrons. The third-order valence-corrected chi connectivity index (χ3v) is 7.10. The van der Waals surface area contributed by atoms with Gasteiger partial charge in [0, 0.05) is 18.6 Å². The zero-order valence-corrected chi connectivity index (χ0v) is 18.4. The molecule has 0 bridgehead atoms. The van der Waals surface area contributed by atoms with Crippen molar-refractivity contribution in [2.24, 2.45) is 0 Å². The lowest BCUT2D eigenvalue weighted by Gasteiger charge is -2.36. The Morgan fingerprint density at radius 2 is 1.68 bits per heavy atom. The fourth-order valence-electron chi connectivity index (χ4n) is 3.47. The normalized spacial score (nSPS) is 15.7. The van der Waals surface area contributed by atoms with Crippen LogP contribution in [-0.2, 0) is 21.4 Å². The number of sulfonamides is 1. The molecule has 0 saturated heterocycles. The summed E-state index contributed by atoms with van der Waals surface area (Å²) in [7, 11) is -2.20. The predicted octanol–water partition coefficient (Wildman–Crippen LogP) is 3.95. The molecule has 6 nitrogen and oxygen atoms in total. The van der Waals surface area contributed by atoms with Gasteiger partial charge in [0.05, 0.1) is 17.1 Å². The van der Waals surface area contributed by atoms with E-state index in [-0.39, 0.29) is 17.3 Å². The smallest absolute Gasteiger partial charge is 0.265 e. The standard InChI is InChI=1S/C23H21ClN2O4S/c1-25(15-17-11-13-18(24)14-12-17)23(27)22-16-26(20-9-5-6-10-21(20)30-22)31(28,29)19-7-3-2-4-8-19/h2-14,22H,15-16H2,1H3/t22-/m1/s1. The molecule has 1 aliphatic rings. The summed E-state index contributed by atoms with van der Waals surface area (Å²) in [6.07, 6.45) is -0.967. The molecule has 0 spiro atoms. The first kappa shape index (κ1) is 21.2. The van der Waals surface area contributed by atoms with Gasteiger partial charge in [-0.25, -0.2) is 8.42 Å². The van der Waals surface area contributed by atoms with Crippen LogP contribution < -0.4 is 9.04 Å². The van der Waals surface area contributed by atoms with E-state index in [1.165, 1.54) is 21.3 Å². The number of amides is 1. The number of hydrogen-bond acceptors (Lipinski definition) is 4. The number of likely N-dealkylation sites (N-methyl/N-ethyl adjacent to an activating group) is 1. The molecule has 4 rings (SSSR count). The van der Waals surface area contributed by atoms with Crippen molar-refractivity contribution in [1.29, 1.82) is 0 Å². The molecule has 0 unspecified atom stereocenters. The van der Waals surface area contributed by atoms with E-state index in [9.17, 15) is 13.2 Å². The van der Waals surface area contributed by atoms with Gasteiger partial charge in [-0.3, -0.25) is 9.10 Å². The molecule has 1 atom stereocenters. The van der Waals surface area contributed by atoms with E-state index < -0.39 is 16.1 Å². The van der Waals surface area contributed by atoms with Gasteiger partial charge in [0.15, 0.2) is 6.10 Å². The molecule has 1 aliphatic heterocycles. The van der Waals surface area contributed by atoms with Gasteiger partial charge in [0.25, 0.3) is 15.9 Å². The summed E-state index contributed by atoms with van der Waals surface area (Å²) in [4.78, 5) is 14.8. The van der Waals surface area contributed by atoms with Gasteiger partial charge in [-0.2, -0.15) is 0 Å². The average molecular weight is 457 g/mol. The van der Waals surface area contributed by atoms with Crippen molar-refractivity contribution < 1.29 is 17.9 Å². The summed E-state index contributed by atoms with van der Waals surface area (Å²) in [5.74, 6) is 0.0456. The Balaban J connectivity index is 1.62. The first-order valence-electron chi connectivity index (χ1n) is 9.69. The van der Waals surface area contributed by atoms with Gasteiger partial charge < -0.3 is 9.64 Å². The van der Waals surface area contributed by atoms with Gasteiger partial charge in [0.2, 0.25) is 0 Å². The first-order chi connectivity index (χ1) is 14.9. The van der Waals surface area contributed by atoms with Crippen molar-refractivity contribution >= 4 is 33.2 Å². The van der Waals surface area contributed by atoms with E-state index in [4.69, 9.17) is 16.3 Å². The molecule has 0 aromatic heterocycles. The topological polar surface area (TPSA) is 66.9 Å². The highest BCUT2D eigenvalue weighted by Gasteiger charge is 2.38. The summed E-state index contributed by atoms with van der Waals surface area (Å²) < 4.78 is 33.9. The molecular weight excluding hydrogens is 436 g/mol. The van der Waals surface area contributed by atoms with Crippen LogP contribution >= 0.6 is 11.6 Å². The quantitative estimate of drug-likeness (QED) is 0.583. The average Bonchev–Trinajstić information content (AvgIpc) is 2.79. The van der Waals surface area contributed by atoms with E-state index in [0.717, 1.165) is 5.56 Å². The van der Waals surface area contributed by atoms with Gasteiger partial charge in [-0.05, 0) is 42.0 Å². The van der Waals surface area contributed by atoms with Gasteiger partial charge >= 0.3 is 0 Å². The number of halogens is 1. The number of fused-ring (bicyclic) bond motifs is 1. The second kappa shape index (κ2) is 8.61. The first-order valence-corrected chi connectivity index (χ1v) is 11.5. The number of nitrogens with zero attached hydrogens (tertiary/aromatic N) is 2. The fraction of sp³-hybridized carbons (Fsp3) is 0.174. The Morgan fingerprint density at radius 3 is 2.39 bits per heavy atom. The van der Waals surface area contributed by atoms with Crippen LogP contribution in [0.25, 0.3) is 0 Å². The highest BCUT2D eigenvalue weighted by atomic mass is 35.5. The zero-order valence-electron chi connectivity index (χ0n) is 16.8. The van der Waals surface area contributed by atoms with Crippen molar-refractivity contribution in [2.45, 2.75) is 17.5 Å². The second-order valence-electron chi connectivity index (χ2n) is 7.24. The number of carbonyl (C=O) groups is 1. The molecule has 0 aliphatic carbocycles. The van der Waals surface area contributed by atoms with E-state index in [0.29, 0.717) is 23.0 Å². The molecule has 1 heterocycles. The number of rotatable bonds is 5. The van der Waals surface area contributed by atoms with Crippen molar-refractivity contribution in [2.75, 3.05) is 17.9 Å². The lowest BCUT2D eigenvalue weighted by molar-refractivity contribution is -0.137. The highest BCUT2D eigenvalue weighted by Crippen LogP contribution is 2.37. The van der Waals surface area contributed by atoms with Crippen LogP contribution in [0.5, 0.6) is 5.75 Å². The number of carbonyl (C=O) groups excluding carboxylic acids is 1. The molecule has 1 amide bonds. The van der Waals surface area contributed by atoms with E-state index in [1.54, 1.807) is 61.6 Å². The molecule has 3 aromatic carbocycles. The number of hydrogen-bond donors (Lipinski definition) is 0. The summed E-state index contributed by atoms with van der Waals surface area (Å²) in [6, 6.07) is 22.2. The van der Waals surface area contributed by atoms with Crippen LogP contribution in [0.4, 0.5) is 5.69 Å². The Bertz CT molecular complexity index is 1180. The Kier molecular flexibility index (Phi) is 5.89. The van der Waals surface area contributed by atoms with Crippen molar-refractivity contribution in [3.63, 3.8) is 0 Å². The minimum absolute atomic E-state index is 0.113. The maximum Gasteiger partial charge on any atom is 0.265 e. The number of benzene rings is 3. The Hall–Kier alpha value is -3.03. The van der Waals surface area contributed by atoms with Crippen LogP contribution in [0.1, 0.15) is 5.56 Å². The Morgan fingerprint density at radius 1 is 1.03 bits per heavy atom. The summed E-state index contributed by atoms with van der Waals surface area (Å²) in [5.41, 5.74) is 1.32. The molecular formula is C23H21ClN2O4S. The summed E-state index contributed by atoms with van der Waals surface area (Å²) >= 11 is 5.93. The largest absolute Gasteiger partial charge is 0.476 e. The molecule has 8 heteroatoms. The van der Waals surface area contributed by atoms with Crippen molar-refractivity contribution in [3.8, 4) is 5.75 Å².